The van der Waals surface area contributed by atoms with Gasteiger partial charge in [0.2, 0.25) is 5.91 Å². The van der Waals surface area contributed by atoms with Crippen LogP contribution >= 0.6 is 27.3 Å². The van der Waals surface area contributed by atoms with E-state index >= 15 is 0 Å². The molecule has 3 rings (SSSR count). The largest absolute Gasteiger partial charge is 0.478 e. The van der Waals surface area contributed by atoms with Gasteiger partial charge in [0.1, 0.15) is 10.2 Å². The molecule has 1 aromatic carbocycles. The van der Waals surface area contributed by atoms with Gasteiger partial charge in [-0.2, -0.15) is 0 Å². The Hall–Kier alpha value is -2.51. The number of benzene rings is 1. The highest BCUT2D eigenvalue weighted by Crippen LogP contribution is 2.36. The molecule has 0 aliphatic heterocycles. The zero-order chi connectivity index (χ0) is 19.4. The monoisotopic (exact) mass is 444 g/mol. The molecule has 0 unspecified atom stereocenters. The number of rotatable bonds is 6. The molecule has 27 heavy (non-hydrogen) atoms. The zero-order valence-electron chi connectivity index (χ0n) is 14.5. The molecule has 0 bridgehead atoms. The third-order valence-corrected chi connectivity index (χ3v) is 5.49. The number of halogens is 1. The lowest BCUT2D eigenvalue weighted by Crippen LogP contribution is -2.14. The summed E-state index contributed by atoms with van der Waals surface area (Å²) in [6, 6.07) is 11.5. The number of carboxylic acid groups (broad SMARTS) is 1. The SMILES string of the molecule is Cc1cccc(CCC(=O)Nc2csc(-c3ccc(Br)nc3)c2C(=O)O)c1. The van der Waals surface area contributed by atoms with E-state index in [1.165, 1.54) is 11.3 Å². The minimum absolute atomic E-state index is 0.0908. The van der Waals surface area contributed by atoms with Gasteiger partial charge in [-0.05, 0) is 47.0 Å². The Morgan fingerprint density at radius 3 is 2.74 bits per heavy atom. The van der Waals surface area contributed by atoms with Crippen molar-refractivity contribution in [2.24, 2.45) is 0 Å². The van der Waals surface area contributed by atoms with Crippen LogP contribution in [0.15, 0.2) is 52.6 Å². The van der Waals surface area contributed by atoms with Crippen molar-refractivity contribution in [1.82, 2.24) is 4.98 Å². The Kier molecular flexibility index (Phi) is 6.03. The van der Waals surface area contributed by atoms with Gasteiger partial charge < -0.3 is 10.4 Å². The minimum atomic E-state index is -1.08. The van der Waals surface area contributed by atoms with Crippen LogP contribution < -0.4 is 5.32 Å². The highest BCUT2D eigenvalue weighted by molar-refractivity contribution is 9.10. The fraction of sp³-hybridized carbons (Fsp3) is 0.150. The number of carbonyl (C=O) groups is 2. The molecular formula is C20H17BrN2O3S. The Morgan fingerprint density at radius 2 is 2.07 bits per heavy atom. The molecule has 1 amide bonds. The van der Waals surface area contributed by atoms with Crippen molar-refractivity contribution >= 4 is 44.8 Å². The van der Waals surface area contributed by atoms with Gasteiger partial charge in [-0.3, -0.25) is 4.79 Å². The van der Waals surface area contributed by atoms with Crippen molar-refractivity contribution in [2.75, 3.05) is 5.32 Å². The number of aryl methyl sites for hydroxylation is 2. The van der Waals surface area contributed by atoms with Gasteiger partial charge in [0.05, 0.1) is 10.6 Å². The molecule has 0 radical (unpaired) electrons. The van der Waals surface area contributed by atoms with Gasteiger partial charge in [-0.1, -0.05) is 29.8 Å². The Morgan fingerprint density at radius 1 is 1.26 bits per heavy atom. The Balaban J connectivity index is 1.75. The van der Waals surface area contributed by atoms with E-state index in [2.05, 4.69) is 26.2 Å². The third-order valence-electron chi connectivity index (χ3n) is 3.99. The minimum Gasteiger partial charge on any atom is -0.478 e. The molecule has 0 spiro atoms. The molecule has 3 aromatic rings. The first-order valence-electron chi connectivity index (χ1n) is 8.26. The fourth-order valence-corrected chi connectivity index (χ4v) is 3.94. The molecule has 0 fully saturated rings. The van der Waals surface area contributed by atoms with Crippen LogP contribution in [0.3, 0.4) is 0 Å². The lowest BCUT2D eigenvalue weighted by Gasteiger charge is -2.07. The van der Waals surface area contributed by atoms with Crippen LogP contribution in [0.1, 0.15) is 27.9 Å². The van der Waals surface area contributed by atoms with E-state index in [1.807, 2.05) is 31.2 Å². The average Bonchev–Trinajstić information content (AvgIpc) is 3.04. The second kappa shape index (κ2) is 8.45. The average molecular weight is 445 g/mol. The van der Waals surface area contributed by atoms with Gasteiger partial charge in [-0.15, -0.1) is 11.3 Å². The normalized spacial score (nSPS) is 10.6. The summed E-state index contributed by atoms with van der Waals surface area (Å²) in [5, 5.41) is 14.0. The maximum atomic E-state index is 12.3. The number of nitrogens with one attached hydrogen (secondary N) is 1. The first kappa shape index (κ1) is 19.3. The summed E-state index contributed by atoms with van der Waals surface area (Å²) in [6.07, 6.45) is 2.49. The van der Waals surface area contributed by atoms with Crippen molar-refractivity contribution in [3.05, 3.63) is 69.3 Å². The van der Waals surface area contributed by atoms with E-state index in [0.29, 0.717) is 27.2 Å². The predicted octanol–water partition coefficient (Wildman–Crippen LogP) is 5.15. The van der Waals surface area contributed by atoms with Crippen molar-refractivity contribution in [2.45, 2.75) is 19.8 Å². The van der Waals surface area contributed by atoms with E-state index in [1.54, 1.807) is 23.7 Å². The highest BCUT2D eigenvalue weighted by atomic mass is 79.9. The maximum Gasteiger partial charge on any atom is 0.339 e. The molecular weight excluding hydrogens is 428 g/mol. The molecule has 7 heteroatoms. The van der Waals surface area contributed by atoms with Crippen LogP contribution in [0.2, 0.25) is 0 Å². The van der Waals surface area contributed by atoms with Crippen molar-refractivity contribution in [1.29, 1.82) is 0 Å². The van der Waals surface area contributed by atoms with Gasteiger partial charge >= 0.3 is 5.97 Å². The summed E-state index contributed by atoms with van der Waals surface area (Å²) in [7, 11) is 0. The number of amides is 1. The van der Waals surface area contributed by atoms with E-state index in [0.717, 1.165) is 11.1 Å². The number of aromatic carboxylic acids is 1. The summed E-state index contributed by atoms with van der Waals surface area (Å²) in [6.45, 7) is 2.01. The predicted molar refractivity (Wildman–Crippen MR) is 110 cm³/mol. The molecule has 5 nitrogen and oxygen atoms in total. The summed E-state index contributed by atoms with van der Waals surface area (Å²) in [4.78, 5) is 28.8. The number of hydrogen-bond donors (Lipinski definition) is 2. The van der Waals surface area contributed by atoms with Crippen LogP contribution in [-0.4, -0.2) is 22.0 Å². The second-order valence-electron chi connectivity index (χ2n) is 6.07. The zero-order valence-corrected chi connectivity index (χ0v) is 16.9. The number of thiophene rings is 1. The first-order chi connectivity index (χ1) is 12.9. The molecule has 2 N–H and O–H groups in total. The summed E-state index contributed by atoms with van der Waals surface area (Å²) >= 11 is 4.53. The topological polar surface area (TPSA) is 79.3 Å². The van der Waals surface area contributed by atoms with Crippen LogP contribution in [-0.2, 0) is 11.2 Å². The number of aromatic nitrogens is 1. The maximum absolute atomic E-state index is 12.3. The van der Waals surface area contributed by atoms with Crippen LogP contribution in [0.5, 0.6) is 0 Å². The summed E-state index contributed by atoms with van der Waals surface area (Å²) in [5.74, 6) is -1.29. The van der Waals surface area contributed by atoms with Crippen molar-refractivity contribution in [3.63, 3.8) is 0 Å². The molecule has 0 saturated heterocycles. The van der Waals surface area contributed by atoms with Crippen LogP contribution in [0, 0.1) is 6.92 Å². The number of anilines is 1. The molecule has 0 aliphatic carbocycles. The van der Waals surface area contributed by atoms with Crippen molar-refractivity contribution < 1.29 is 14.7 Å². The van der Waals surface area contributed by atoms with E-state index in [9.17, 15) is 14.7 Å². The Bertz CT molecular complexity index is 983. The van der Waals surface area contributed by atoms with Crippen LogP contribution in [0.4, 0.5) is 5.69 Å². The van der Waals surface area contributed by atoms with E-state index in [-0.39, 0.29) is 17.9 Å². The summed E-state index contributed by atoms with van der Waals surface area (Å²) < 4.78 is 0.671. The molecule has 2 heterocycles. The fourth-order valence-electron chi connectivity index (χ4n) is 2.72. The third kappa shape index (κ3) is 4.81. The number of carbonyl (C=O) groups excluding carboxylic acids is 1. The molecule has 0 saturated carbocycles. The molecule has 2 aromatic heterocycles. The molecule has 0 aliphatic rings. The van der Waals surface area contributed by atoms with E-state index < -0.39 is 5.97 Å². The van der Waals surface area contributed by atoms with Crippen LogP contribution in [0.25, 0.3) is 10.4 Å². The summed E-state index contributed by atoms with van der Waals surface area (Å²) in [5.41, 5.74) is 3.33. The first-order valence-corrected chi connectivity index (χ1v) is 9.93. The van der Waals surface area contributed by atoms with Gasteiger partial charge in [-0.25, -0.2) is 9.78 Å². The second-order valence-corrected chi connectivity index (χ2v) is 7.76. The van der Waals surface area contributed by atoms with Gasteiger partial charge in [0.15, 0.2) is 0 Å². The highest BCUT2D eigenvalue weighted by Gasteiger charge is 2.21. The van der Waals surface area contributed by atoms with Gasteiger partial charge in [0.25, 0.3) is 0 Å². The lowest BCUT2D eigenvalue weighted by atomic mass is 10.1. The quantitative estimate of drug-likeness (QED) is 0.515. The number of carboxylic acids is 1. The number of nitrogens with zero attached hydrogens (tertiary/aromatic N) is 1. The van der Waals surface area contributed by atoms with E-state index in [4.69, 9.17) is 0 Å². The van der Waals surface area contributed by atoms with Gasteiger partial charge in [0, 0.05) is 23.6 Å². The standard InChI is InChI=1S/C20H17BrN2O3S/c1-12-3-2-4-13(9-12)5-8-17(24)23-15-11-27-19(18(15)20(25)26)14-6-7-16(21)22-10-14/h2-4,6-7,9-11H,5,8H2,1H3,(H,23,24)(H,25,26). The van der Waals surface area contributed by atoms with Crippen molar-refractivity contribution in [3.8, 4) is 10.4 Å². The number of pyridine rings is 1. The Labute approximate surface area is 169 Å². The lowest BCUT2D eigenvalue weighted by molar-refractivity contribution is -0.116. The molecule has 138 valence electrons. The smallest absolute Gasteiger partial charge is 0.339 e. The number of hydrogen-bond acceptors (Lipinski definition) is 4. The molecule has 0 atom stereocenters.